The van der Waals surface area contributed by atoms with Crippen LogP contribution in [-0.4, -0.2) is 21.5 Å². The smallest absolute Gasteiger partial charge is 0.0996 e. The molecule has 1 atom stereocenters. The molecule has 0 aromatic carbocycles. The maximum atomic E-state index is 4.17. The van der Waals surface area contributed by atoms with Gasteiger partial charge in [0.25, 0.3) is 0 Å². The van der Waals surface area contributed by atoms with Crippen LogP contribution in [0, 0.1) is 0 Å². The van der Waals surface area contributed by atoms with Gasteiger partial charge in [-0.05, 0) is 33.2 Å². The van der Waals surface area contributed by atoms with Crippen LogP contribution < -0.4 is 5.32 Å². The zero-order valence-electron chi connectivity index (χ0n) is 8.20. The van der Waals surface area contributed by atoms with Crippen molar-refractivity contribution in [2.24, 2.45) is 0 Å². The van der Waals surface area contributed by atoms with Gasteiger partial charge in [-0.1, -0.05) is 5.21 Å². The van der Waals surface area contributed by atoms with Gasteiger partial charge in [0.1, 0.15) is 0 Å². The standard InChI is InChI=1S/C9H16N4/c1-7(2)13-6-9(11-12-13)8-4-3-5-10-8/h6-8,10H,3-5H2,1-2H3/t8-/m0/s1. The molecular formula is C9H16N4. The molecule has 1 aliphatic heterocycles. The summed E-state index contributed by atoms with van der Waals surface area (Å²) in [5.41, 5.74) is 1.09. The van der Waals surface area contributed by atoms with E-state index in [9.17, 15) is 0 Å². The topological polar surface area (TPSA) is 42.7 Å². The fraction of sp³-hybridized carbons (Fsp3) is 0.778. The van der Waals surface area contributed by atoms with E-state index in [1.165, 1.54) is 12.8 Å². The van der Waals surface area contributed by atoms with Gasteiger partial charge in [-0.2, -0.15) is 0 Å². The summed E-state index contributed by atoms with van der Waals surface area (Å²) in [6.07, 6.45) is 4.49. The van der Waals surface area contributed by atoms with Gasteiger partial charge in [0, 0.05) is 6.04 Å². The van der Waals surface area contributed by atoms with Crippen LogP contribution in [0.4, 0.5) is 0 Å². The van der Waals surface area contributed by atoms with Gasteiger partial charge in [0.15, 0.2) is 0 Å². The third kappa shape index (κ3) is 1.72. The van der Waals surface area contributed by atoms with Gasteiger partial charge in [-0.25, -0.2) is 4.68 Å². The minimum Gasteiger partial charge on any atom is -0.309 e. The largest absolute Gasteiger partial charge is 0.309 e. The average Bonchev–Trinajstić information content (AvgIpc) is 2.75. The molecule has 1 aliphatic rings. The predicted molar refractivity (Wildman–Crippen MR) is 50.4 cm³/mol. The Balaban J connectivity index is 2.12. The molecule has 1 aromatic rings. The third-order valence-electron chi connectivity index (χ3n) is 2.47. The number of nitrogens with zero attached hydrogens (tertiary/aromatic N) is 3. The monoisotopic (exact) mass is 180 g/mol. The Hall–Kier alpha value is -0.900. The molecule has 1 fully saturated rings. The van der Waals surface area contributed by atoms with Crippen molar-refractivity contribution in [3.05, 3.63) is 11.9 Å². The molecule has 1 N–H and O–H groups in total. The zero-order chi connectivity index (χ0) is 9.26. The van der Waals surface area contributed by atoms with Crippen molar-refractivity contribution in [3.63, 3.8) is 0 Å². The fourth-order valence-corrected chi connectivity index (χ4v) is 1.64. The van der Waals surface area contributed by atoms with Crippen LogP contribution in [0.15, 0.2) is 6.20 Å². The summed E-state index contributed by atoms with van der Waals surface area (Å²) in [5, 5.41) is 11.7. The Bertz CT molecular complexity index is 273. The van der Waals surface area contributed by atoms with E-state index in [4.69, 9.17) is 0 Å². The predicted octanol–water partition coefficient (Wildman–Crippen LogP) is 1.28. The van der Waals surface area contributed by atoms with Crippen LogP contribution in [-0.2, 0) is 0 Å². The molecule has 0 bridgehead atoms. The van der Waals surface area contributed by atoms with Gasteiger partial charge in [0.05, 0.1) is 17.9 Å². The molecule has 0 aliphatic carbocycles. The van der Waals surface area contributed by atoms with Crippen LogP contribution in [0.25, 0.3) is 0 Å². The lowest BCUT2D eigenvalue weighted by molar-refractivity contribution is 0.514. The zero-order valence-corrected chi connectivity index (χ0v) is 8.20. The lowest BCUT2D eigenvalue weighted by atomic mass is 10.2. The fourth-order valence-electron chi connectivity index (χ4n) is 1.64. The van der Waals surface area contributed by atoms with E-state index in [1.54, 1.807) is 0 Å². The van der Waals surface area contributed by atoms with Crippen molar-refractivity contribution in [2.75, 3.05) is 6.54 Å². The quantitative estimate of drug-likeness (QED) is 0.745. The molecule has 72 valence electrons. The molecular weight excluding hydrogens is 164 g/mol. The second-order valence-electron chi connectivity index (χ2n) is 3.87. The molecule has 1 aromatic heterocycles. The molecule has 0 radical (unpaired) electrons. The highest BCUT2D eigenvalue weighted by Gasteiger charge is 2.19. The average molecular weight is 180 g/mol. The Kier molecular flexibility index (Phi) is 2.31. The summed E-state index contributed by atoms with van der Waals surface area (Å²) in [4.78, 5) is 0. The Morgan fingerprint density at radius 1 is 1.62 bits per heavy atom. The molecule has 1 saturated heterocycles. The van der Waals surface area contributed by atoms with Crippen molar-refractivity contribution in [1.29, 1.82) is 0 Å². The molecule has 0 spiro atoms. The first-order valence-corrected chi connectivity index (χ1v) is 4.92. The van der Waals surface area contributed by atoms with E-state index < -0.39 is 0 Å². The van der Waals surface area contributed by atoms with Crippen LogP contribution in [0.5, 0.6) is 0 Å². The lowest BCUT2D eigenvalue weighted by Gasteiger charge is -2.04. The van der Waals surface area contributed by atoms with Crippen molar-refractivity contribution >= 4 is 0 Å². The van der Waals surface area contributed by atoms with E-state index in [1.807, 2.05) is 10.9 Å². The number of hydrogen-bond donors (Lipinski definition) is 1. The summed E-state index contributed by atoms with van der Waals surface area (Å²) in [6.45, 7) is 5.33. The van der Waals surface area contributed by atoms with Crippen LogP contribution in [0.3, 0.4) is 0 Å². The molecule has 0 amide bonds. The summed E-state index contributed by atoms with van der Waals surface area (Å²) in [7, 11) is 0. The normalized spacial score (nSPS) is 22.8. The Morgan fingerprint density at radius 2 is 2.46 bits per heavy atom. The van der Waals surface area contributed by atoms with Crippen LogP contribution in [0.1, 0.15) is 44.5 Å². The summed E-state index contributed by atoms with van der Waals surface area (Å²) in [6, 6.07) is 0.843. The third-order valence-corrected chi connectivity index (χ3v) is 2.47. The summed E-state index contributed by atoms with van der Waals surface area (Å²) in [5.74, 6) is 0. The second-order valence-corrected chi connectivity index (χ2v) is 3.87. The first-order valence-electron chi connectivity index (χ1n) is 4.92. The Labute approximate surface area is 78.3 Å². The van der Waals surface area contributed by atoms with Crippen molar-refractivity contribution in [2.45, 2.75) is 38.8 Å². The molecule has 2 heterocycles. The highest BCUT2D eigenvalue weighted by Crippen LogP contribution is 2.20. The SMILES string of the molecule is CC(C)n1cc([C@@H]2CCCN2)nn1. The van der Waals surface area contributed by atoms with E-state index in [2.05, 4.69) is 29.5 Å². The van der Waals surface area contributed by atoms with Crippen LogP contribution >= 0.6 is 0 Å². The summed E-state index contributed by atoms with van der Waals surface area (Å²) < 4.78 is 1.91. The number of nitrogens with one attached hydrogen (secondary N) is 1. The first kappa shape index (κ1) is 8.69. The minimum absolute atomic E-state index is 0.405. The minimum atomic E-state index is 0.405. The maximum Gasteiger partial charge on any atom is 0.0996 e. The van der Waals surface area contributed by atoms with Gasteiger partial charge in [0.2, 0.25) is 0 Å². The molecule has 13 heavy (non-hydrogen) atoms. The lowest BCUT2D eigenvalue weighted by Crippen LogP contribution is -2.13. The van der Waals surface area contributed by atoms with E-state index in [0.717, 1.165) is 12.2 Å². The summed E-state index contributed by atoms with van der Waals surface area (Å²) >= 11 is 0. The van der Waals surface area contributed by atoms with Gasteiger partial charge >= 0.3 is 0 Å². The number of rotatable bonds is 2. The van der Waals surface area contributed by atoms with Crippen LogP contribution in [0.2, 0.25) is 0 Å². The Morgan fingerprint density at radius 3 is 3.00 bits per heavy atom. The molecule has 4 heteroatoms. The first-order chi connectivity index (χ1) is 6.27. The molecule has 0 unspecified atom stereocenters. The molecule has 4 nitrogen and oxygen atoms in total. The molecule has 0 saturated carbocycles. The van der Waals surface area contributed by atoms with E-state index >= 15 is 0 Å². The second kappa shape index (κ2) is 3.46. The van der Waals surface area contributed by atoms with Gasteiger partial charge < -0.3 is 5.32 Å². The van der Waals surface area contributed by atoms with E-state index in [0.29, 0.717) is 12.1 Å². The highest BCUT2D eigenvalue weighted by atomic mass is 15.4. The molecule has 2 rings (SSSR count). The number of aromatic nitrogens is 3. The van der Waals surface area contributed by atoms with E-state index in [-0.39, 0.29) is 0 Å². The van der Waals surface area contributed by atoms with Gasteiger partial charge in [-0.15, -0.1) is 5.10 Å². The maximum absolute atomic E-state index is 4.17. The van der Waals surface area contributed by atoms with Crippen molar-refractivity contribution < 1.29 is 0 Å². The van der Waals surface area contributed by atoms with Crippen molar-refractivity contribution in [1.82, 2.24) is 20.3 Å². The van der Waals surface area contributed by atoms with Crippen molar-refractivity contribution in [3.8, 4) is 0 Å². The highest BCUT2D eigenvalue weighted by molar-refractivity contribution is 5.02. The number of hydrogen-bond acceptors (Lipinski definition) is 3. The van der Waals surface area contributed by atoms with Gasteiger partial charge in [-0.3, -0.25) is 0 Å².